The van der Waals surface area contributed by atoms with Gasteiger partial charge < -0.3 is 0 Å². The highest BCUT2D eigenvalue weighted by Crippen LogP contribution is 2.22. The van der Waals surface area contributed by atoms with Gasteiger partial charge in [-0.1, -0.05) is 45.0 Å². The summed E-state index contributed by atoms with van der Waals surface area (Å²) < 4.78 is 0. The van der Waals surface area contributed by atoms with E-state index < -0.39 is 0 Å². The summed E-state index contributed by atoms with van der Waals surface area (Å²) in [5.41, 5.74) is 4.07. The number of aryl methyl sites for hydroxylation is 1. The van der Waals surface area contributed by atoms with E-state index in [0.717, 1.165) is 6.42 Å². The summed E-state index contributed by atoms with van der Waals surface area (Å²) in [5, 5.41) is 4.31. The minimum Gasteiger partial charge on any atom is -0.152 e. The van der Waals surface area contributed by atoms with Crippen LogP contribution in [0.1, 0.15) is 26.3 Å². The zero-order chi connectivity index (χ0) is 11.1. The van der Waals surface area contributed by atoms with Crippen LogP contribution < -0.4 is 0 Å². The fourth-order valence-electron chi connectivity index (χ4n) is 1.40. The summed E-state index contributed by atoms with van der Waals surface area (Å²) in [6.45, 7) is 6.19. The van der Waals surface area contributed by atoms with E-state index in [2.05, 4.69) is 48.0 Å². The van der Waals surface area contributed by atoms with Crippen LogP contribution in [0.3, 0.4) is 0 Å². The van der Waals surface area contributed by atoms with Crippen molar-refractivity contribution in [3.63, 3.8) is 0 Å². The minimum absolute atomic E-state index is 1.11. The van der Waals surface area contributed by atoms with Crippen molar-refractivity contribution in [2.45, 2.75) is 27.2 Å². The highest BCUT2D eigenvalue weighted by molar-refractivity contribution is 7.08. The lowest BCUT2D eigenvalue weighted by molar-refractivity contribution is 1.14. The first-order valence-electron chi connectivity index (χ1n) is 5.51. The minimum atomic E-state index is 1.11. The Bertz CT molecular complexity index is 374. The Kier molecular flexibility index (Phi) is 5.13. The van der Waals surface area contributed by atoms with Gasteiger partial charge in [0.15, 0.2) is 0 Å². The molecule has 1 heterocycles. The molecule has 0 saturated carbocycles. The van der Waals surface area contributed by atoms with E-state index in [9.17, 15) is 0 Å². The fourth-order valence-corrected chi connectivity index (χ4v) is 2.06. The molecule has 1 aromatic carbocycles. The molecule has 0 amide bonds. The number of thiophene rings is 1. The van der Waals surface area contributed by atoms with Gasteiger partial charge in [-0.2, -0.15) is 11.3 Å². The second-order valence-electron chi connectivity index (χ2n) is 3.07. The molecule has 0 saturated heterocycles. The number of rotatable bonds is 2. The smallest absolute Gasteiger partial charge is 0.00147 e. The Morgan fingerprint density at radius 3 is 2.47 bits per heavy atom. The fraction of sp³-hybridized carbons (Fsp3) is 0.286. The summed E-state index contributed by atoms with van der Waals surface area (Å²) in [6, 6.07) is 10.9. The van der Waals surface area contributed by atoms with Crippen LogP contribution in [-0.4, -0.2) is 0 Å². The van der Waals surface area contributed by atoms with Crippen LogP contribution in [0.25, 0.3) is 11.1 Å². The molecule has 2 aromatic rings. The Balaban J connectivity index is 0.000000531. The first-order chi connectivity index (χ1) is 7.40. The lowest BCUT2D eigenvalue weighted by Gasteiger charge is -2.00. The molecule has 2 rings (SSSR count). The molecule has 0 bridgehead atoms. The highest BCUT2D eigenvalue weighted by Gasteiger charge is 1.97. The standard InChI is InChI=1S/C12H12S.C2H6/c1-2-10-4-3-5-11(8-10)12-6-7-13-9-12;1-2/h3-9H,2H2,1H3;1-2H3. The average molecular weight is 218 g/mol. The molecule has 0 aliphatic carbocycles. The van der Waals surface area contributed by atoms with Gasteiger partial charge in [0.2, 0.25) is 0 Å². The molecule has 0 spiro atoms. The molecule has 1 aromatic heterocycles. The van der Waals surface area contributed by atoms with Crippen molar-refractivity contribution in [3.05, 3.63) is 46.7 Å². The van der Waals surface area contributed by atoms with Crippen LogP contribution in [0.4, 0.5) is 0 Å². The molecule has 0 aliphatic heterocycles. The zero-order valence-electron chi connectivity index (χ0n) is 9.66. The number of hydrogen-bond acceptors (Lipinski definition) is 1. The molecular weight excluding hydrogens is 200 g/mol. The van der Waals surface area contributed by atoms with Crippen molar-refractivity contribution >= 4 is 11.3 Å². The van der Waals surface area contributed by atoms with Crippen molar-refractivity contribution in [2.75, 3.05) is 0 Å². The predicted molar refractivity (Wildman–Crippen MR) is 70.5 cm³/mol. The topological polar surface area (TPSA) is 0 Å². The second-order valence-corrected chi connectivity index (χ2v) is 3.85. The normalized spacial score (nSPS) is 9.27. The molecule has 0 radical (unpaired) electrons. The van der Waals surface area contributed by atoms with Crippen molar-refractivity contribution in [2.24, 2.45) is 0 Å². The lowest BCUT2D eigenvalue weighted by Crippen LogP contribution is -1.80. The maximum Gasteiger partial charge on any atom is -0.00147 e. The van der Waals surface area contributed by atoms with Crippen LogP contribution >= 0.6 is 11.3 Å². The van der Waals surface area contributed by atoms with Crippen molar-refractivity contribution < 1.29 is 0 Å². The molecule has 0 nitrogen and oxygen atoms in total. The molecule has 0 N–H and O–H groups in total. The predicted octanol–water partition coefficient (Wildman–Crippen LogP) is 5.00. The van der Waals surface area contributed by atoms with E-state index >= 15 is 0 Å². The highest BCUT2D eigenvalue weighted by atomic mass is 32.1. The van der Waals surface area contributed by atoms with E-state index in [0.29, 0.717) is 0 Å². The van der Waals surface area contributed by atoms with Gasteiger partial charge in [-0.3, -0.25) is 0 Å². The van der Waals surface area contributed by atoms with Gasteiger partial charge in [0, 0.05) is 0 Å². The summed E-state index contributed by atoms with van der Waals surface area (Å²) in [5.74, 6) is 0. The maximum atomic E-state index is 2.27. The average Bonchev–Trinajstić information content (AvgIpc) is 2.85. The lowest BCUT2D eigenvalue weighted by atomic mass is 10.1. The van der Waals surface area contributed by atoms with E-state index in [1.54, 1.807) is 11.3 Å². The van der Waals surface area contributed by atoms with E-state index in [1.165, 1.54) is 16.7 Å². The Morgan fingerprint density at radius 2 is 1.87 bits per heavy atom. The first kappa shape index (κ1) is 12.0. The van der Waals surface area contributed by atoms with E-state index in [-0.39, 0.29) is 0 Å². The zero-order valence-corrected chi connectivity index (χ0v) is 10.5. The summed E-state index contributed by atoms with van der Waals surface area (Å²) in [4.78, 5) is 0. The van der Waals surface area contributed by atoms with Crippen LogP contribution in [0.5, 0.6) is 0 Å². The monoisotopic (exact) mass is 218 g/mol. The third-order valence-corrected chi connectivity index (χ3v) is 2.87. The van der Waals surface area contributed by atoms with E-state index in [4.69, 9.17) is 0 Å². The van der Waals surface area contributed by atoms with Crippen molar-refractivity contribution in [1.29, 1.82) is 0 Å². The maximum absolute atomic E-state index is 2.27. The third kappa shape index (κ3) is 3.21. The van der Waals surface area contributed by atoms with Gasteiger partial charge >= 0.3 is 0 Å². The summed E-state index contributed by atoms with van der Waals surface area (Å²) in [6.07, 6.45) is 1.11. The second kappa shape index (κ2) is 6.41. The van der Waals surface area contributed by atoms with Crippen LogP contribution in [0, 0.1) is 0 Å². The number of benzene rings is 1. The molecule has 0 unspecified atom stereocenters. The molecule has 1 heteroatoms. The molecule has 80 valence electrons. The third-order valence-electron chi connectivity index (χ3n) is 2.19. The van der Waals surface area contributed by atoms with Gasteiger partial charge in [-0.25, -0.2) is 0 Å². The Morgan fingerprint density at radius 1 is 1.07 bits per heavy atom. The SMILES string of the molecule is CC.CCc1cccc(-c2ccsc2)c1. The van der Waals surface area contributed by atoms with Crippen molar-refractivity contribution in [3.8, 4) is 11.1 Å². The largest absolute Gasteiger partial charge is 0.152 e. The summed E-state index contributed by atoms with van der Waals surface area (Å²) >= 11 is 1.75. The first-order valence-corrected chi connectivity index (χ1v) is 6.46. The molecule has 15 heavy (non-hydrogen) atoms. The Hall–Kier alpha value is -1.08. The Labute approximate surface area is 96.6 Å². The quantitative estimate of drug-likeness (QED) is 0.665. The van der Waals surface area contributed by atoms with Crippen LogP contribution in [-0.2, 0) is 6.42 Å². The molecular formula is C14H18S. The van der Waals surface area contributed by atoms with Gasteiger partial charge in [-0.15, -0.1) is 0 Å². The molecule has 0 atom stereocenters. The van der Waals surface area contributed by atoms with Gasteiger partial charge in [0.05, 0.1) is 0 Å². The van der Waals surface area contributed by atoms with Crippen LogP contribution in [0.2, 0.25) is 0 Å². The van der Waals surface area contributed by atoms with Gasteiger partial charge in [-0.05, 0) is 39.9 Å². The van der Waals surface area contributed by atoms with Gasteiger partial charge in [0.1, 0.15) is 0 Å². The van der Waals surface area contributed by atoms with Gasteiger partial charge in [0.25, 0.3) is 0 Å². The van der Waals surface area contributed by atoms with Crippen LogP contribution in [0.15, 0.2) is 41.1 Å². The molecule has 0 fully saturated rings. The summed E-state index contributed by atoms with van der Waals surface area (Å²) in [7, 11) is 0. The van der Waals surface area contributed by atoms with E-state index in [1.807, 2.05) is 13.8 Å². The van der Waals surface area contributed by atoms with Crippen molar-refractivity contribution in [1.82, 2.24) is 0 Å². The molecule has 0 aliphatic rings. The number of hydrogen-bond donors (Lipinski definition) is 0.